The van der Waals surface area contributed by atoms with Crippen LogP contribution in [0.3, 0.4) is 0 Å². The maximum atomic E-state index is 2.47. The standard InChI is InChI=1S/C38H80N.Mg/c1-5-7-9-11-13-15-17-19-21-23-25-27-29-31-33-35-37-39(3,4)38-36-34-32-30-28-26-24-22-20-18-16-14-12-10-8-6-2;/h5-38H2,1-4H3;/q+1;+2. The predicted octanol–water partition coefficient (Wildman–Crippen LogP) is 13.2. The molecule has 0 saturated heterocycles. The van der Waals surface area contributed by atoms with Crippen molar-refractivity contribution in [1.29, 1.82) is 0 Å². The van der Waals surface area contributed by atoms with Crippen LogP contribution in [0.25, 0.3) is 0 Å². The van der Waals surface area contributed by atoms with Gasteiger partial charge in [0.25, 0.3) is 0 Å². The summed E-state index contributed by atoms with van der Waals surface area (Å²) < 4.78 is 1.25. The average Bonchev–Trinajstić information content (AvgIpc) is 2.92. The van der Waals surface area contributed by atoms with E-state index in [1.54, 1.807) is 0 Å². The third kappa shape index (κ3) is 36.8. The summed E-state index contributed by atoms with van der Waals surface area (Å²) in [4.78, 5) is 0. The third-order valence-electron chi connectivity index (χ3n) is 9.23. The van der Waals surface area contributed by atoms with E-state index in [-0.39, 0.29) is 23.1 Å². The molecule has 236 valence electrons. The van der Waals surface area contributed by atoms with Crippen LogP contribution >= 0.6 is 0 Å². The topological polar surface area (TPSA) is 0 Å². The second kappa shape index (κ2) is 35.9. The van der Waals surface area contributed by atoms with E-state index in [4.69, 9.17) is 0 Å². The molecule has 0 radical (unpaired) electrons. The molecule has 0 N–H and O–H groups in total. The molecule has 0 unspecified atom stereocenters. The molecule has 0 aliphatic rings. The van der Waals surface area contributed by atoms with Crippen molar-refractivity contribution >= 4 is 23.1 Å². The minimum absolute atomic E-state index is 0. The van der Waals surface area contributed by atoms with Crippen LogP contribution in [-0.4, -0.2) is 54.7 Å². The summed E-state index contributed by atoms with van der Waals surface area (Å²) in [5.41, 5.74) is 0. The summed E-state index contributed by atoms with van der Waals surface area (Å²) in [5.74, 6) is 0. The first-order chi connectivity index (χ1) is 19.1. The van der Waals surface area contributed by atoms with Crippen molar-refractivity contribution in [1.82, 2.24) is 0 Å². The summed E-state index contributed by atoms with van der Waals surface area (Å²) in [7, 11) is 4.94. The molecule has 0 amide bonds. The molecule has 0 aliphatic heterocycles. The molecule has 0 atom stereocenters. The summed E-state index contributed by atoms with van der Waals surface area (Å²) >= 11 is 0. The maximum Gasteiger partial charge on any atom is 2.00 e. The minimum atomic E-state index is 0. The Morgan fingerprint density at radius 3 is 0.575 bits per heavy atom. The van der Waals surface area contributed by atoms with Gasteiger partial charge in [-0.2, -0.15) is 0 Å². The molecule has 0 saturated carbocycles. The Hall–Kier alpha value is 0.726. The van der Waals surface area contributed by atoms with E-state index in [1.165, 1.54) is 223 Å². The molecule has 0 bridgehead atoms. The van der Waals surface area contributed by atoms with Gasteiger partial charge in [0.1, 0.15) is 0 Å². The van der Waals surface area contributed by atoms with Gasteiger partial charge in [-0.25, -0.2) is 0 Å². The number of unbranched alkanes of at least 4 members (excludes halogenated alkanes) is 30. The number of nitrogens with zero attached hydrogens (tertiary/aromatic N) is 1. The van der Waals surface area contributed by atoms with Crippen molar-refractivity contribution in [2.24, 2.45) is 0 Å². The number of hydrogen-bond donors (Lipinski definition) is 0. The van der Waals surface area contributed by atoms with Gasteiger partial charge in [-0.3, -0.25) is 0 Å². The molecule has 0 rings (SSSR count). The first-order valence-electron chi connectivity index (χ1n) is 18.9. The second-order valence-electron chi connectivity index (χ2n) is 14.0. The zero-order chi connectivity index (χ0) is 28.5. The van der Waals surface area contributed by atoms with E-state index in [1.807, 2.05) is 0 Å². The quantitative estimate of drug-likeness (QED) is 0.0407. The molecule has 0 aromatic carbocycles. The Labute approximate surface area is 272 Å². The van der Waals surface area contributed by atoms with Crippen LogP contribution in [0.4, 0.5) is 0 Å². The van der Waals surface area contributed by atoms with E-state index in [0.717, 1.165) is 0 Å². The zero-order valence-electron chi connectivity index (χ0n) is 29.2. The molecular weight excluding hydrogens is 495 g/mol. The van der Waals surface area contributed by atoms with E-state index < -0.39 is 0 Å². The van der Waals surface area contributed by atoms with Crippen LogP contribution < -0.4 is 0 Å². The van der Waals surface area contributed by atoms with Gasteiger partial charge in [0.15, 0.2) is 0 Å². The van der Waals surface area contributed by atoms with Gasteiger partial charge in [0.05, 0.1) is 27.2 Å². The fourth-order valence-corrected chi connectivity index (χ4v) is 6.29. The fourth-order valence-electron chi connectivity index (χ4n) is 6.29. The first-order valence-corrected chi connectivity index (χ1v) is 18.9. The molecule has 0 aromatic heterocycles. The SMILES string of the molecule is CCCCCCCCCCCCCCCCCC[N+](C)(C)CCCCCCCCCCCCCCCCCC.[Mg+2]. The Bertz CT molecular complexity index is 397. The van der Waals surface area contributed by atoms with Gasteiger partial charge in [0, 0.05) is 0 Å². The Morgan fingerprint density at radius 2 is 0.400 bits per heavy atom. The minimum Gasteiger partial charge on any atom is -0.328 e. The van der Waals surface area contributed by atoms with Gasteiger partial charge < -0.3 is 4.48 Å². The van der Waals surface area contributed by atoms with Gasteiger partial charge in [-0.15, -0.1) is 0 Å². The van der Waals surface area contributed by atoms with Crippen molar-refractivity contribution in [3.8, 4) is 0 Å². The number of rotatable bonds is 34. The Balaban J connectivity index is 0. The van der Waals surface area contributed by atoms with Crippen LogP contribution in [0.2, 0.25) is 0 Å². The molecule has 1 nitrogen and oxygen atoms in total. The summed E-state index contributed by atoms with van der Waals surface area (Å²) in [6, 6.07) is 0. The van der Waals surface area contributed by atoms with Crippen molar-refractivity contribution in [3.05, 3.63) is 0 Å². The molecule has 0 spiro atoms. The normalized spacial score (nSPS) is 11.7. The number of quaternary nitrogens is 1. The van der Waals surface area contributed by atoms with E-state index in [0.29, 0.717) is 0 Å². The van der Waals surface area contributed by atoms with Crippen LogP contribution in [0, 0.1) is 0 Å². The van der Waals surface area contributed by atoms with Crippen molar-refractivity contribution in [2.45, 2.75) is 219 Å². The van der Waals surface area contributed by atoms with Crippen molar-refractivity contribution < 1.29 is 4.48 Å². The summed E-state index contributed by atoms with van der Waals surface area (Å²) in [6.07, 6.45) is 46.9. The van der Waals surface area contributed by atoms with Crippen LogP contribution in [-0.2, 0) is 0 Å². The molecule has 0 aliphatic carbocycles. The Morgan fingerprint density at radius 1 is 0.250 bits per heavy atom. The molecule has 0 heterocycles. The average molecular weight is 575 g/mol. The fraction of sp³-hybridized carbons (Fsp3) is 1.00. The second-order valence-corrected chi connectivity index (χ2v) is 14.0. The van der Waals surface area contributed by atoms with Crippen LogP contribution in [0.1, 0.15) is 219 Å². The van der Waals surface area contributed by atoms with Crippen molar-refractivity contribution in [2.75, 3.05) is 27.2 Å². The van der Waals surface area contributed by atoms with E-state index in [9.17, 15) is 0 Å². The van der Waals surface area contributed by atoms with Gasteiger partial charge in [-0.1, -0.05) is 194 Å². The van der Waals surface area contributed by atoms with Crippen LogP contribution in [0.5, 0.6) is 0 Å². The van der Waals surface area contributed by atoms with Gasteiger partial charge in [-0.05, 0) is 25.7 Å². The predicted molar refractivity (Wildman–Crippen MR) is 187 cm³/mol. The smallest absolute Gasteiger partial charge is 0.328 e. The molecule has 0 aromatic rings. The molecule has 40 heavy (non-hydrogen) atoms. The Kier molecular flexibility index (Phi) is 38.5. The molecule has 0 fully saturated rings. The van der Waals surface area contributed by atoms with Crippen LogP contribution in [0.15, 0.2) is 0 Å². The largest absolute Gasteiger partial charge is 2.00 e. The monoisotopic (exact) mass is 575 g/mol. The maximum absolute atomic E-state index is 2.47. The summed E-state index contributed by atoms with van der Waals surface area (Å²) in [6.45, 7) is 7.39. The third-order valence-corrected chi connectivity index (χ3v) is 9.23. The summed E-state index contributed by atoms with van der Waals surface area (Å²) in [5, 5.41) is 0. The van der Waals surface area contributed by atoms with Gasteiger partial charge >= 0.3 is 23.1 Å². The first kappa shape index (κ1) is 42.9. The van der Waals surface area contributed by atoms with E-state index >= 15 is 0 Å². The number of hydrogen-bond acceptors (Lipinski definition) is 0. The molecular formula is C38H80MgN+3. The molecule has 2 heteroatoms. The van der Waals surface area contributed by atoms with E-state index in [2.05, 4.69) is 27.9 Å². The van der Waals surface area contributed by atoms with Gasteiger partial charge in [0.2, 0.25) is 0 Å². The zero-order valence-corrected chi connectivity index (χ0v) is 30.6. The van der Waals surface area contributed by atoms with Crippen molar-refractivity contribution in [3.63, 3.8) is 0 Å².